The van der Waals surface area contributed by atoms with Crippen LogP contribution in [0.5, 0.6) is 5.75 Å². The van der Waals surface area contributed by atoms with E-state index in [0.717, 1.165) is 35.5 Å². The van der Waals surface area contributed by atoms with Gasteiger partial charge in [-0.2, -0.15) is 0 Å². The lowest BCUT2D eigenvalue weighted by Crippen LogP contribution is -2.08. The highest BCUT2D eigenvalue weighted by Gasteiger charge is 2.45. The first-order chi connectivity index (χ1) is 7.75. The molecule has 16 heavy (non-hydrogen) atoms. The number of hydrogen-bond acceptors (Lipinski definition) is 2. The fourth-order valence-electron chi connectivity index (χ4n) is 2.29. The molecule has 2 aromatic carbocycles. The summed E-state index contributed by atoms with van der Waals surface area (Å²) in [6.45, 7) is 0. The number of aldehydes is 1. The number of hydrogen-bond donors (Lipinski definition) is 1. The van der Waals surface area contributed by atoms with E-state index in [2.05, 4.69) is 0 Å². The SMILES string of the molecule is O=CC1(c2cccc3cc(O)ccc23)CC1. The van der Waals surface area contributed by atoms with Gasteiger partial charge < -0.3 is 9.90 Å². The average Bonchev–Trinajstić information content (AvgIpc) is 3.08. The van der Waals surface area contributed by atoms with Crippen LogP contribution >= 0.6 is 0 Å². The van der Waals surface area contributed by atoms with Gasteiger partial charge in [0.25, 0.3) is 0 Å². The highest BCUT2D eigenvalue weighted by atomic mass is 16.3. The van der Waals surface area contributed by atoms with Gasteiger partial charge in [0.2, 0.25) is 0 Å². The highest BCUT2D eigenvalue weighted by Crippen LogP contribution is 2.48. The largest absolute Gasteiger partial charge is 0.508 e. The minimum absolute atomic E-state index is 0.253. The van der Waals surface area contributed by atoms with E-state index in [0.29, 0.717) is 0 Å². The van der Waals surface area contributed by atoms with Crippen LogP contribution in [-0.4, -0.2) is 11.4 Å². The summed E-state index contributed by atoms with van der Waals surface area (Å²) < 4.78 is 0. The van der Waals surface area contributed by atoms with Crippen molar-refractivity contribution in [2.45, 2.75) is 18.3 Å². The van der Waals surface area contributed by atoms with Crippen LogP contribution in [0.4, 0.5) is 0 Å². The second-order valence-electron chi connectivity index (χ2n) is 4.49. The zero-order chi connectivity index (χ0) is 11.2. The van der Waals surface area contributed by atoms with Crippen LogP contribution in [0.3, 0.4) is 0 Å². The predicted octanol–water partition coefficient (Wildman–Crippen LogP) is 2.78. The van der Waals surface area contributed by atoms with Gasteiger partial charge in [0.1, 0.15) is 12.0 Å². The molecule has 0 aliphatic heterocycles. The van der Waals surface area contributed by atoms with Crippen molar-refractivity contribution in [3.05, 3.63) is 42.0 Å². The van der Waals surface area contributed by atoms with Crippen LogP contribution < -0.4 is 0 Å². The molecule has 2 nitrogen and oxygen atoms in total. The molecule has 0 amide bonds. The van der Waals surface area contributed by atoms with Crippen LogP contribution in [0.15, 0.2) is 36.4 Å². The molecule has 0 aromatic heterocycles. The molecule has 2 aromatic rings. The molecule has 0 radical (unpaired) electrons. The third kappa shape index (κ3) is 1.23. The Bertz CT molecular complexity index is 568. The number of rotatable bonds is 2. The molecule has 1 N–H and O–H groups in total. The number of fused-ring (bicyclic) bond motifs is 1. The van der Waals surface area contributed by atoms with Gasteiger partial charge in [0.15, 0.2) is 0 Å². The maximum atomic E-state index is 11.2. The zero-order valence-corrected chi connectivity index (χ0v) is 8.81. The number of aromatic hydroxyl groups is 1. The van der Waals surface area contributed by atoms with E-state index in [1.165, 1.54) is 0 Å². The summed E-state index contributed by atoms with van der Waals surface area (Å²) in [7, 11) is 0. The first-order valence-corrected chi connectivity index (χ1v) is 5.44. The molecule has 0 bridgehead atoms. The van der Waals surface area contributed by atoms with Gasteiger partial charge in [-0.15, -0.1) is 0 Å². The third-order valence-electron chi connectivity index (χ3n) is 3.41. The molecule has 1 saturated carbocycles. The quantitative estimate of drug-likeness (QED) is 0.777. The highest BCUT2D eigenvalue weighted by molar-refractivity contribution is 5.92. The van der Waals surface area contributed by atoms with Gasteiger partial charge in [0.05, 0.1) is 5.41 Å². The second kappa shape index (κ2) is 3.08. The second-order valence-corrected chi connectivity index (χ2v) is 4.49. The topological polar surface area (TPSA) is 37.3 Å². The molecule has 80 valence electrons. The molecule has 0 unspecified atom stereocenters. The van der Waals surface area contributed by atoms with Crippen molar-refractivity contribution in [2.75, 3.05) is 0 Å². The van der Waals surface area contributed by atoms with Crippen LogP contribution in [0.2, 0.25) is 0 Å². The van der Waals surface area contributed by atoms with Gasteiger partial charge >= 0.3 is 0 Å². The first-order valence-electron chi connectivity index (χ1n) is 5.44. The Morgan fingerprint density at radius 1 is 1.19 bits per heavy atom. The Kier molecular flexibility index (Phi) is 1.81. The normalized spacial score (nSPS) is 17.2. The van der Waals surface area contributed by atoms with Crippen LogP contribution in [-0.2, 0) is 10.2 Å². The smallest absolute Gasteiger partial charge is 0.130 e. The molecule has 0 saturated heterocycles. The molecule has 1 fully saturated rings. The molecule has 0 heterocycles. The summed E-state index contributed by atoms with van der Waals surface area (Å²) in [6, 6.07) is 11.2. The number of carbonyl (C=O) groups is 1. The van der Waals surface area contributed by atoms with Gasteiger partial charge in [-0.3, -0.25) is 0 Å². The third-order valence-corrected chi connectivity index (χ3v) is 3.41. The molecule has 0 spiro atoms. The molecule has 1 aliphatic rings. The lowest BCUT2D eigenvalue weighted by molar-refractivity contribution is -0.109. The standard InChI is InChI=1S/C14H12O2/c15-9-14(6-7-14)13-3-1-2-10-8-11(16)4-5-12(10)13/h1-5,8-9,16H,6-7H2. The summed E-state index contributed by atoms with van der Waals surface area (Å²) in [4.78, 5) is 11.2. The van der Waals surface area contributed by atoms with Gasteiger partial charge in [-0.05, 0) is 41.3 Å². The van der Waals surface area contributed by atoms with E-state index >= 15 is 0 Å². The zero-order valence-electron chi connectivity index (χ0n) is 8.81. The molecule has 3 rings (SSSR count). The predicted molar refractivity (Wildman–Crippen MR) is 62.6 cm³/mol. The molecule has 1 aliphatic carbocycles. The van der Waals surface area contributed by atoms with E-state index in [4.69, 9.17) is 0 Å². The summed E-state index contributed by atoms with van der Waals surface area (Å²) >= 11 is 0. The van der Waals surface area contributed by atoms with E-state index in [1.807, 2.05) is 24.3 Å². The summed E-state index contributed by atoms with van der Waals surface area (Å²) in [5, 5.41) is 11.5. The molecule has 2 heteroatoms. The molecule has 0 atom stereocenters. The maximum absolute atomic E-state index is 11.2. The number of carbonyl (C=O) groups excluding carboxylic acids is 1. The number of phenols is 1. The summed E-state index contributed by atoms with van der Waals surface area (Å²) in [6.07, 6.45) is 2.95. The van der Waals surface area contributed by atoms with Crippen LogP contribution in [0, 0.1) is 0 Å². The van der Waals surface area contributed by atoms with Crippen molar-refractivity contribution in [3.8, 4) is 5.75 Å². The van der Waals surface area contributed by atoms with Crippen molar-refractivity contribution in [1.82, 2.24) is 0 Å². The molecular formula is C14H12O2. The fraction of sp³-hybridized carbons (Fsp3) is 0.214. The van der Waals surface area contributed by atoms with E-state index in [-0.39, 0.29) is 11.2 Å². The van der Waals surface area contributed by atoms with Crippen molar-refractivity contribution >= 4 is 17.1 Å². The Hall–Kier alpha value is -1.83. The number of benzene rings is 2. The van der Waals surface area contributed by atoms with Crippen LogP contribution in [0.25, 0.3) is 10.8 Å². The Balaban J connectivity index is 2.29. The van der Waals surface area contributed by atoms with Crippen molar-refractivity contribution in [2.24, 2.45) is 0 Å². The lowest BCUT2D eigenvalue weighted by Gasteiger charge is -2.11. The van der Waals surface area contributed by atoms with Crippen LogP contribution in [0.1, 0.15) is 18.4 Å². The Labute approximate surface area is 93.5 Å². The maximum Gasteiger partial charge on any atom is 0.130 e. The Morgan fingerprint density at radius 3 is 2.69 bits per heavy atom. The van der Waals surface area contributed by atoms with Gasteiger partial charge in [0, 0.05) is 0 Å². The lowest BCUT2D eigenvalue weighted by atomic mass is 9.92. The van der Waals surface area contributed by atoms with E-state index < -0.39 is 0 Å². The van der Waals surface area contributed by atoms with Crippen molar-refractivity contribution in [1.29, 1.82) is 0 Å². The van der Waals surface area contributed by atoms with E-state index in [1.54, 1.807) is 12.1 Å². The van der Waals surface area contributed by atoms with Gasteiger partial charge in [-0.1, -0.05) is 24.3 Å². The minimum atomic E-state index is -0.253. The average molecular weight is 212 g/mol. The summed E-state index contributed by atoms with van der Waals surface area (Å²) in [5.41, 5.74) is 0.844. The Morgan fingerprint density at radius 2 is 2.00 bits per heavy atom. The number of phenolic OH excluding ortho intramolecular Hbond substituents is 1. The monoisotopic (exact) mass is 212 g/mol. The summed E-state index contributed by atoms with van der Waals surface area (Å²) in [5.74, 6) is 0.264. The van der Waals surface area contributed by atoms with E-state index in [9.17, 15) is 9.90 Å². The van der Waals surface area contributed by atoms with Crippen molar-refractivity contribution in [3.63, 3.8) is 0 Å². The first kappa shape index (κ1) is 9.40. The molecular weight excluding hydrogens is 200 g/mol. The fourth-order valence-corrected chi connectivity index (χ4v) is 2.29. The van der Waals surface area contributed by atoms with Gasteiger partial charge in [-0.25, -0.2) is 0 Å². The minimum Gasteiger partial charge on any atom is -0.508 e. The van der Waals surface area contributed by atoms with Crippen molar-refractivity contribution < 1.29 is 9.90 Å².